The third kappa shape index (κ3) is 8.93. The van der Waals surface area contributed by atoms with E-state index in [1.54, 1.807) is 4.57 Å². The van der Waals surface area contributed by atoms with Crippen LogP contribution in [0.3, 0.4) is 0 Å². The molecule has 6 heterocycles. The van der Waals surface area contributed by atoms with Gasteiger partial charge in [0.2, 0.25) is 0 Å². The summed E-state index contributed by atoms with van der Waals surface area (Å²) in [5, 5.41) is 1.34. The predicted octanol–water partition coefficient (Wildman–Crippen LogP) is 6.45. The molecular formula is C39H36BrCl2N11O4. The average Bonchev–Trinajstić information content (AvgIpc) is 3.79. The van der Waals surface area contributed by atoms with Gasteiger partial charge in [-0.05, 0) is 38.8 Å². The molecule has 292 valence electrons. The molecule has 0 amide bonds. The summed E-state index contributed by atoms with van der Waals surface area (Å²) in [6, 6.07) is 19.6. The number of rotatable bonds is 7. The van der Waals surface area contributed by atoms with Crippen LogP contribution in [0.4, 0.5) is 5.82 Å². The summed E-state index contributed by atoms with van der Waals surface area (Å²) in [6.07, 6.45) is 6.24. The van der Waals surface area contributed by atoms with Gasteiger partial charge in [0.05, 0.1) is 11.3 Å². The molecule has 0 spiro atoms. The molecule has 0 unspecified atom stereocenters. The van der Waals surface area contributed by atoms with Gasteiger partial charge in [0, 0.05) is 55.2 Å². The first kappa shape index (κ1) is 40.8. The molecule has 1 aliphatic heterocycles. The Hall–Kier alpha value is -5.84. The molecule has 0 aliphatic carbocycles. The van der Waals surface area contributed by atoms with Crippen LogP contribution in [0.5, 0.6) is 0 Å². The molecule has 0 bridgehead atoms. The molecule has 18 heteroatoms. The van der Waals surface area contributed by atoms with Crippen molar-refractivity contribution in [3.05, 3.63) is 160 Å². The lowest BCUT2D eigenvalue weighted by Crippen LogP contribution is -2.32. The summed E-state index contributed by atoms with van der Waals surface area (Å²) < 4.78 is 4.62. The number of hydrogen-bond acceptors (Lipinski definition) is 10. The van der Waals surface area contributed by atoms with E-state index in [0.717, 1.165) is 10.9 Å². The number of benzene rings is 2. The van der Waals surface area contributed by atoms with Crippen molar-refractivity contribution in [2.24, 2.45) is 4.99 Å². The number of hydrogen-bond donors (Lipinski definition) is 2. The van der Waals surface area contributed by atoms with Gasteiger partial charge in [-0.2, -0.15) is 0 Å². The Morgan fingerprint density at radius 2 is 1.23 bits per heavy atom. The molecule has 0 saturated heterocycles. The second kappa shape index (κ2) is 18.0. The van der Waals surface area contributed by atoms with Crippen molar-refractivity contribution in [2.45, 2.75) is 58.1 Å². The number of H-pyrrole nitrogens is 2. The molecule has 8 rings (SSSR count). The Kier molecular flexibility index (Phi) is 12.9. The van der Waals surface area contributed by atoms with Gasteiger partial charge in [-0.25, -0.2) is 34.5 Å². The van der Waals surface area contributed by atoms with Gasteiger partial charge in [0.15, 0.2) is 27.3 Å². The fourth-order valence-electron chi connectivity index (χ4n) is 6.08. The van der Waals surface area contributed by atoms with Gasteiger partial charge in [-0.3, -0.25) is 33.7 Å². The summed E-state index contributed by atoms with van der Waals surface area (Å²) in [5.41, 5.74) is 2.71. The minimum atomic E-state index is -0.508. The number of aliphatic imine (C=N–C) groups is 1. The number of nitrogens with zero attached hydrogens (tertiary/aromatic N) is 9. The Bertz CT molecular complexity index is 2810. The molecule has 5 aromatic heterocycles. The van der Waals surface area contributed by atoms with E-state index >= 15 is 0 Å². The molecule has 1 aliphatic rings. The van der Waals surface area contributed by atoms with Crippen LogP contribution in [0.15, 0.2) is 110 Å². The largest absolute Gasteiger partial charge is 0.330 e. The van der Waals surface area contributed by atoms with Gasteiger partial charge in [0.1, 0.15) is 17.2 Å². The van der Waals surface area contributed by atoms with Crippen molar-refractivity contribution in [2.75, 3.05) is 0 Å². The van der Waals surface area contributed by atoms with Crippen LogP contribution in [-0.2, 0) is 18.3 Å². The topological polar surface area (TPSA) is 191 Å². The lowest BCUT2D eigenvalue weighted by atomic mass is 10.1. The van der Waals surface area contributed by atoms with E-state index in [-0.39, 0.29) is 40.0 Å². The van der Waals surface area contributed by atoms with Crippen LogP contribution in [0.2, 0.25) is 10.3 Å². The van der Waals surface area contributed by atoms with E-state index in [1.165, 1.54) is 39.5 Å². The average molecular weight is 874 g/mol. The fraction of sp³-hybridized carbons (Fsp3) is 0.231. The quantitative estimate of drug-likeness (QED) is 0.170. The molecule has 2 aromatic carbocycles. The van der Waals surface area contributed by atoms with Crippen molar-refractivity contribution < 1.29 is 0 Å². The van der Waals surface area contributed by atoms with E-state index in [4.69, 9.17) is 23.2 Å². The highest BCUT2D eigenvalue weighted by molar-refractivity contribution is 9.08. The highest BCUT2D eigenvalue weighted by Gasteiger charge is 2.27. The second-order valence-corrected chi connectivity index (χ2v) is 14.5. The molecule has 57 heavy (non-hydrogen) atoms. The van der Waals surface area contributed by atoms with Gasteiger partial charge in [-0.1, -0.05) is 99.8 Å². The monoisotopic (exact) mass is 871 g/mol. The van der Waals surface area contributed by atoms with Crippen molar-refractivity contribution in [3.63, 3.8) is 0 Å². The lowest BCUT2D eigenvalue weighted by Gasteiger charge is -2.12. The molecule has 15 nitrogen and oxygen atoms in total. The lowest BCUT2D eigenvalue weighted by molar-refractivity contribution is 0.565. The molecule has 7 aromatic rings. The van der Waals surface area contributed by atoms with Crippen molar-refractivity contribution in [1.29, 1.82) is 0 Å². The number of imidazole rings is 1. The first-order chi connectivity index (χ1) is 27.4. The SMILES string of the molecule is BrCc1ccccc1.CC(C)n1c(=O)[nH]c(=O)c2c1nc(-c1nccnc1Cl)n2Cc1ccccc1.CC(C)n1c2c(c(=O)[nH]c1=O)CC(c1nccnc1Cl)=N2. The Labute approximate surface area is 343 Å². The fourth-order valence-corrected chi connectivity index (χ4v) is 6.86. The van der Waals surface area contributed by atoms with Crippen molar-refractivity contribution >= 4 is 61.8 Å². The number of aromatic amines is 2. The molecule has 0 radical (unpaired) electrons. The third-order valence-electron chi connectivity index (χ3n) is 8.63. The second-order valence-electron chi connectivity index (χ2n) is 13.2. The summed E-state index contributed by atoms with van der Waals surface area (Å²) >= 11 is 15.6. The van der Waals surface area contributed by atoms with E-state index in [0.29, 0.717) is 40.9 Å². The standard InChI is InChI=1S/C19H17ClN6O2.C13H12ClN5O2.C7H7Br/c1-11(2)26-17-14(18(27)24-19(26)28)25(10-12-6-4-3-5-7-12)16(23-17)13-15(20)22-9-8-21-13;1-6(2)19-11-7(12(20)18-13(19)21)5-8(17-11)9-10(14)16-4-3-15-9;8-6-7-4-2-1-3-5-7/h3-9,11H,10H2,1-2H3,(H,24,27,28);3-4,6H,5H2,1-2H3,(H,18,20,21);1-5H,6H2. The Morgan fingerprint density at radius 3 is 1.77 bits per heavy atom. The maximum atomic E-state index is 12.7. The van der Waals surface area contributed by atoms with Gasteiger partial charge in [0.25, 0.3) is 11.1 Å². The van der Waals surface area contributed by atoms with E-state index in [2.05, 4.69) is 67.9 Å². The van der Waals surface area contributed by atoms with Crippen LogP contribution in [0, 0.1) is 0 Å². The summed E-state index contributed by atoms with van der Waals surface area (Å²) in [7, 11) is 0. The molecular weight excluding hydrogens is 837 g/mol. The molecule has 0 saturated carbocycles. The predicted molar refractivity (Wildman–Crippen MR) is 224 cm³/mol. The van der Waals surface area contributed by atoms with Crippen LogP contribution < -0.4 is 22.5 Å². The smallest absolute Gasteiger partial charge is 0.312 e. The van der Waals surface area contributed by atoms with Gasteiger partial charge in [-0.15, -0.1) is 0 Å². The number of aromatic nitrogens is 10. The zero-order valence-corrected chi connectivity index (χ0v) is 34.2. The Balaban J connectivity index is 0.000000166. The number of halogens is 3. The maximum Gasteiger partial charge on any atom is 0.330 e. The zero-order valence-electron chi connectivity index (χ0n) is 31.2. The van der Waals surface area contributed by atoms with Gasteiger partial charge < -0.3 is 4.57 Å². The van der Waals surface area contributed by atoms with E-state index in [1.807, 2.05) is 76.2 Å². The minimum Gasteiger partial charge on any atom is -0.312 e. The summed E-state index contributed by atoms with van der Waals surface area (Å²) in [5.74, 6) is 0.748. The first-order valence-electron chi connectivity index (χ1n) is 17.7. The highest BCUT2D eigenvalue weighted by Crippen LogP contribution is 2.29. The minimum absolute atomic E-state index is 0.122. The normalized spacial score (nSPS) is 11.8. The maximum absolute atomic E-state index is 12.7. The molecule has 0 atom stereocenters. The zero-order chi connectivity index (χ0) is 40.8. The van der Waals surface area contributed by atoms with E-state index < -0.39 is 22.5 Å². The highest BCUT2D eigenvalue weighted by atomic mass is 79.9. The van der Waals surface area contributed by atoms with E-state index in [9.17, 15) is 19.2 Å². The number of nitrogens with one attached hydrogen (secondary N) is 2. The van der Waals surface area contributed by atoms with Crippen LogP contribution in [-0.4, -0.2) is 54.3 Å². The summed E-state index contributed by atoms with van der Waals surface area (Å²) in [4.78, 5) is 79.2. The number of fused-ring (bicyclic) bond motifs is 2. The van der Waals surface area contributed by atoms with Crippen LogP contribution in [0.25, 0.3) is 22.7 Å². The van der Waals surface area contributed by atoms with Gasteiger partial charge >= 0.3 is 11.4 Å². The van der Waals surface area contributed by atoms with Crippen LogP contribution >= 0.6 is 39.1 Å². The third-order valence-corrected chi connectivity index (χ3v) is 9.83. The Morgan fingerprint density at radius 1 is 0.702 bits per heavy atom. The summed E-state index contributed by atoms with van der Waals surface area (Å²) in [6.45, 7) is 7.76. The first-order valence-corrected chi connectivity index (χ1v) is 19.5. The number of alkyl halides is 1. The van der Waals surface area contributed by atoms with Crippen LogP contribution in [0.1, 0.15) is 62.2 Å². The molecule has 2 N–H and O–H groups in total. The molecule has 0 fully saturated rings. The van der Waals surface area contributed by atoms with Crippen molar-refractivity contribution in [1.82, 2.24) is 48.6 Å². The van der Waals surface area contributed by atoms with Crippen molar-refractivity contribution in [3.8, 4) is 11.5 Å².